The largest absolute Gasteiger partial charge is 0.488 e. The molecular formula is C19H32N4O3. The SMILES string of the molecule is CCN1CCO[C@@H](COc2cnc(OCCN3CCC(C)CC3)nc2)C1. The molecule has 1 aromatic rings. The highest BCUT2D eigenvalue weighted by Crippen LogP contribution is 2.16. The van der Waals surface area contributed by atoms with E-state index >= 15 is 0 Å². The van der Waals surface area contributed by atoms with E-state index in [2.05, 4.69) is 33.6 Å². The third-order valence-electron chi connectivity index (χ3n) is 5.23. The third kappa shape index (κ3) is 6.07. The number of aromatic nitrogens is 2. The van der Waals surface area contributed by atoms with Gasteiger partial charge in [0.05, 0.1) is 19.0 Å². The first kappa shape index (κ1) is 19.3. The van der Waals surface area contributed by atoms with Crippen molar-refractivity contribution in [2.24, 2.45) is 5.92 Å². The van der Waals surface area contributed by atoms with Crippen molar-refractivity contribution in [2.75, 3.05) is 59.1 Å². The summed E-state index contributed by atoms with van der Waals surface area (Å²) in [6.07, 6.45) is 6.01. The Labute approximate surface area is 156 Å². The van der Waals surface area contributed by atoms with Crippen molar-refractivity contribution in [1.29, 1.82) is 0 Å². The maximum atomic E-state index is 5.76. The van der Waals surface area contributed by atoms with Gasteiger partial charge in [-0.2, -0.15) is 9.97 Å². The fourth-order valence-corrected chi connectivity index (χ4v) is 3.36. The molecule has 0 bridgehead atoms. The van der Waals surface area contributed by atoms with Crippen LogP contribution in [0.15, 0.2) is 12.4 Å². The summed E-state index contributed by atoms with van der Waals surface area (Å²) in [6, 6.07) is 0.411. The van der Waals surface area contributed by atoms with Crippen molar-refractivity contribution < 1.29 is 14.2 Å². The van der Waals surface area contributed by atoms with Crippen LogP contribution in [0.25, 0.3) is 0 Å². The molecule has 146 valence electrons. The van der Waals surface area contributed by atoms with E-state index in [-0.39, 0.29) is 6.10 Å². The van der Waals surface area contributed by atoms with E-state index in [1.807, 2.05) is 0 Å². The predicted molar refractivity (Wildman–Crippen MR) is 99.7 cm³/mol. The second-order valence-electron chi connectivity index (χ2n) is 7.27. The number of rotatable bonds is 8. The van der Waals surface area contributed by atoms with Crippen LogP contribution in [0.2, 0.25) is 0 Å². The lowest BCUT2D eigenvalue weighted by molar-refractivity contribution is -0.0465. The molecule has 26 heavy (non-hydrogen) atoms. The number of nitrogens with zero attached hydrogens (tertiary/aromatic N) is 4. The van der Waals surface area contributed by atoms with Gasteiger partial charge in [-0.1, -0.05) is 13.8 Å². The zero-order valence-corrected chi connectivity index (χ0v) is 16.1. The van der Waals surface area contributed by atoms with Crippen molar-refractivity contribution in [1.82, 2.24) is 19.8 Å². The zero-order valence-electron chi connectivity index (χ0n) is 16.1. The van der Waals surface area contributed by atoms with Crippen LogP contribution >= 0.6 is 0 Å². The van der Waals surface area contributed by atoms with Gasteiger partial charge in [-0.05, 0) is 38.4 Å². The molecule has 0 radical (unpaired) electrons. The van der Waals surface area contributed by atoms with Crippen LogP contribution in [0.5, 0.6) is 11.8 Å². The van der Waals surface area contributed by atoms with Crippen LogP contribution in [0.3, 0.4) is 0 Å². The van der Waals surface area contributed by atoms with Crippen LogP contribution in [-0.4, -0.2) is 85.0 Å². The summed E-state index contributed by atoms with van der Waals surface area (Å²) in [7, 11) is 0. The minimum absolute atomic E-state index is 0.104. The molecule has 3 heterocycles. The maximum Gasteiger partial charge on any atom is 0.316 e. The first-order valence-corrected chi connectivity index (χ1v) is 9.87. The van der Waals surface area contributed by atoms with Crippen LogP contribution in [0.4, 0.5) is 0 Å². The van der Waals surface area contributed by atoms with Crippen molar-refractivity contribution in [3.05, 3.63) is 12.4 Å². The van der Waals surface area contributed by atoms with Crippen LogP contribution in [0, 0.1) is 5.92 Å². The van der Waals surface area contributed by atoms with Crippen LogP contribution < -0.4 is 9.47 Å². The molecule has 0 aliphatic carbocycles. The average Bonchev–Trinajstić information content (AvgIpc) is 2.69. The van der Waals surface area contributed by atoms with Gasteiger partial charge in [-0.3, -0.25) is 9.80 Å². The first-order valence-electron chi connectivity index (χ1n) is 9.87. The lowest BCUT2D eigenvalue weighted by Crippen LogP contribution is -2.44. The van der Waals surface area contributed by atoms with Gasteiger partial charge < -0.3 is 14.2 Å². The molecule has 7 heteroatoms. The molecule has 7 nitrogen and oxygen atoms in total. The first-order chi connectivity index (χ1) is 12.7. The Kier molecular flexibility index (Phi) is 7.46. The summed E-state index contributed by atoms with van der Waals surface area (Å²) in [5.74, 6) is 1.51. The summed E-state index contributed by atoms with van der Waals surface area (Å²) in [5.41, 5.74) is 0. The number of hydrogen-bond acceptors (Lipinski definition) is 7. The fourth-order valence-electron chi connectivity index (χ4n) is 3.36. The van der Waals surface area contributed by atoms with Crippen molar-refractivity contribution in [2.45, 2.75) is 32.8 Å². The number of hydrogen-bond donors (Lipinski definition) is 0. The molecule has 0 unspecified atom stereocenters. The van der Waals surface area contributed by atoms with Crippen molar-refractivity contribution >= 4 is 0 Å². The molecule has 0 saturated carbocycles. The van der Waals surface area contributed by atoms with Gasteiger partial charge in [-0.15, -0.1) is 0 Å². The molecule has 3 rings (SSSR count). The lowest BCUT2D eigenvalue weighted by atomic mass is 9.99. The van der Waals surface area contributed by atoms with Gasteiger partial charge in [0.25, 0.3) is 0 Å². The van der Waals surface area contributed by atoms with Gasteiger partial charge in [0.1, 0.15) is 19.3 Å². The molecular weight excluding hydrogens is 332 g/mol. The highest BCUT2D eigenvalue weighted by Gasteiger charge is 2.20. The molecule has 0 spiro atoms. The third-order valence-corrected chi connectivity index (χ3v) is 5.23. The normalized spacial score (nSPS) is 23.1. The fraction of sp³-hybridized carbons (Fsp3) is 0.789. The summed E-state index contributed by atoms with van der Waals surface area (Å²) >= 11 is 0. The molecule has 0 amide bonds. The maximum absolute atomic E-state index is 5.76. The molecule has 2 aliphatic rings. The Morgan fingerprint density at radius 3 is 2.62 bits per heavy atom. The van der Waals surface area contributed by atoms with Gasteiger partial charge >= 0.3 is 6.01 Å². The van der Waals surface area contributed by atoms with E-state index in [4.69, 9.17) is 14.2 Å². The molecule has 2 aliphatic heterocycles. The quantitative estimate of drug-likeness (QED) is 0.696. The summed E-state index contributed by atoms with van der Waals surface area (Å²) in [5, 5.41) is 0. The molecule has 1 aromatic heterocycles. The Hall–Kier alpha value is -1.44. The number of likely N-dealkylation sites (tertiary alicyclic amines) is 1. The standard InChI is InChI=1S/C19H32N4O3/c1-3-22-8-10-24-18(14-22)15-26-17-12-20-19(21-13-17)25-11-9-23-6-4-16(2)5-7-23/h12-13,16,18H,3-11,14-15H2,1-2H3/t18-/m1/s1. The van der Waals surface area contributed by atoms with Gasteiger partial charge in [0.2, 0.25) is 0 Å². The Morgan fingerprint density at radius 1 is 1.12 bits per heavy atom. The number of ether oxygens (including phenoxy) is 3. The summed E-state index contributed by atoms with van der Waals surface area (Å²) in [6.45, 7) is 12.6. The van der Waals surface area contributed by atoms with Crippen molar-refractivity contribution in [3.8, 4) is 11.8 Å². The summed E-state index contributed by atoms with van der Waals surface area (Å²) in [4.78, 5) is 13.3. The van der Waals surface area contributed by atoms with Gasteiger partial charge in [0.15, 0.2) is 5.75 Å². The van der Waals surface area contributed by atoms with Gasteiger partial charge in [0, 0.05) is 19.6 Å². The minimum atomic E-state index is 0.104. The predicted octanol–water partition coefficient (Wildman–Crippen LogP) is 1.69. The highest BCUT2D eigenvalue weighted by molar-refractivity contribution is 5.14. The Balaban J connectivity index is 1.34. The molecule has 1 atom stereocenters. The number of likely N-dealkylation sites (N-methyl/N-ethyl adjacent to an activating group) is 1. The zero-order chi connectivity index (χ0) is 18.2. The average molecular weight is 364 g/mol. The summed E-state index contributed by atoms with van der Waals surface area (Å²) < 4.78 is 17.2. The van der Waals surface area contributed by atoms with E-state index in [0.29, 0.717) is 25.0 Å². The monoisotopic (exact) mass is 364 g/mol. The molecule has 0 N–H and O–H groups in total. The molecule has 2 fully saturated rings. The van der Waals surface area contributed by atoms with E-state index in [9.17, 15) is 0 Å². The molecule has 2 saturated heterocycles. The van der Waals surface area contributed by atoms with Crippen molar-refractivity contribution in [3.63, 3.8) is 0 Å². The van der Waals surface area contributed by atoms with Crippen LogP contribution in [-0.2, 0) is 4.74 Å². The number of morpholine rings is 1. The highest BCUT2D eigenvalue weighted by atomic mass is 16.5. The topological polar surface area (TPSA) is 60.0 Å². The van der Waals surface area contributed by atoms with E-state index < -0.39 is 0 Å². The van der Waals surface area contributed by atoms with Gasteiger partial charge in [-0.25, -0.2) is 0 Å². The number of piperidine rings is 1. The van der Waals surface area contributed by atoms with Crippen LogP contribution in [0.1, 0.15) is 26.7 Å². The van der Waals surface area contributed by atoms with E-state index in [0.717, 1.165) is 51.8 Å². The van der Waals surface area contributed by atoms with E-state index in [1.165, 1.54) is 12.8 Å². The molecule has 0 aromatic carbocycles. The Morgan fingerprint density at radius 2 is 1.88 bits per heavy atom. The second kappa shape index (κ2) is 10.0. The lowest BCUT2D eigenvalue weighted by Gasteiger charge is -2.31. The smallest absolute Gasteiger partial charge is 0.316 e. The van der Waals surface area contributed by atoms with E-state index in [1.54, 1.807) is 12.4 Å². The second-order valence-corrected chi connectivity index (χ2v) is 7.27. The minimum Gasteiger partial charge on any atom is -0.488 e. The Bertz CT molecular complexity index is 520.